The third kappa shape index (κ3) is 3.49. The number of allylic oxidation sites excluding steroid dienone is 1. The topological polar surface area (TPSA) is 53.4 Å². The fourth-order valence-corrected chi connectivity index (χ4v) is 5.15. The standard InChI is InChI=1S/C24H24N2O2S/c1-23(2)14-15-24(3,4)20-19(23)25-22(29-20)26(17-8-6-5-7-9-17)18-12-10-16(11-13-18)21(27)28/h5-10,12H,14-15H2,1-4H3,(H,27,28). The summed E-state index contributed by atoms with van der Waals surface area (Å²) in [5, 5.41) is 10.1. The van der Waals surface area contributed by atoms with Gasteiger partial charge < -0.3 is 5.11 Å². The van der Waals surface area contributed by atoms with E-state index in [1.807, 2.05) is 35.2 Å². The van der Waals surface area contributed by atoms with Gasteiger partial charge in [0.2, 0.25) is 0 Å². The van der Waals surface area contributed by atoms with Gasteiger partial charge in [-0.1, -0.05) is 51.6 Å². The van der Waals surface area contributed by atoms with E-state index in [0.29, 0.717) is 0 Å². The fourth-order valence-electron chi connectivity index (χ4n) is 3.74. The highest BCUT2D eigenvalue weighted by Crippen LogP contribution is 2.50. The van der Waals surface area contributed by atoms with Crippen LogP contribution in [0.1, 0.15) is 51.1 Å². The quantitative estimate of drug-likeness (QED) is 0.650. The molecule has 0 atom stereocenters. The SMILES string of the molecule is CC1(C)CCC(C)(C)c2sc(N(C3=C=C=C(C(=O)O)C=C3)c3ccccc3)nc21. The van der Waals surface area contributed by atoms with Crippen molar-refractivity contribution < 1.29 is 9.90 Å². The number of carbonyl (C=O) groups is 1. The number of aliphatic carboxylic acids is 1. The van der Waals surface area contributed by atoms with Crippen LogP contribution in [0.15, 0.2) is 65.2 Å². The molecule has 4 rings (SSSR count). The fraction of sp³-hybridized carbons (Fsp3) is 0.333. The zero-order chi connectivity index (χ0) is 20.8. The van der Waals surface area contributed by atoms with Gasteiger partial charge in [0.25, 0.3) is 0 Å². The maximum absolute atomic E-state index is 11.2. The maximum Gasteiger partial charge on any atom is 0.344 e. The summed E-state index contributed by atoms with van der Waals surface area (Å²) >= 11 is 1.72. The molecule has 0 saturated carbocycles. The molecular weight excluding hydrogens is 380 g/mol. The summed E-state index contributed by atoms with van der Waals surface area (Å²) in [6.07, 6.45) is 5.57. The molecule has 148 valence electrons. The number of fused-ring (bicyclic) bond motifs is 1. The number of para-hydroxylation sites is 1. The molecule has 0 spiro atoms. The molecule has 0 amide bonds. The van der Waals surface area contributed by atoms with E-state index >= 15 is 0 Å². The number of aromatic nitrogens is 1. The third-order valence-electron chi connectivity index (χ3n) is 5.66. The van der Waals surface area contributed by atoms with Crippen molar-refractivity contribution in [3.8, 4) is 0 Å². The van der Waals surface area contributed by atoms with Crippen molar-refractivity contribution in [2.45, 2.75) is 51.4 Å². The minimum Gasteiger partial charge on any atom is -0.477 e. The van der Waals surface area contributed by atoms with E-state index in [9.17, 15) is 9.90 Å². The molecule has 1 aromatic carbocycles. The Hall–Kier alpha value is -2.84. The molecule has 0 radical (unpaired) electrons. The summed E-state index contributed by atoms with van der Waals surface area (Å²) in [4.78, 5) is 19.7. The Morgan fingerprint density at radius 2 is 1.76 bits per heavy atom. The second-order valence-corrected chi connectivity index (χ2v) is 9.78. The summed E-state index contributed by atoms with van der Waals surface area (Å²) in [6, 6.07) is 9.99. The van der Waals surface area contributed by atoms with Crippen LogP contribution in [0.4, 0.5) is 10.8 Å². The van der Waals surface area contributed by atoms with Crippen LogP contribution in [0.25, 0.3) is 0 Å². The minimum absolute atomic E-state index is 0.0327. The van der Waals surface area contributed by atoms with Crippen molar-refractivity contribution in [1.82, 2.24) is 4.98 Å². The van der Waals surface area contributed by atoms with Gasteiger partial charge in [-0.25, -0.2) is 9.78 Å². The van der Waals surface area contributed by atoms with Gasteiger partial charge in [-0.2, -0.15) is 0 Å². The van der Waals surface area contributed by atoms with Crippen molar-refractivity contribution in [3.63, 3.8) is 0 Å². The largest absolute Gasteiger partial charge is 0.477 e. The predicted molar refractivity (Wildman–Crippen MR) is 117 cm³/mol. The van der Waals surface area contributed by atoms with Crippen LogP contribution in [0.5, 0.6) is 0 Å². The van der Waals surface area contributed by atoms with E-state index < -0.39 is 5.97 Å². The van der Waals surface area contributed by atoms with E-state index in [1.54, 1.807) is 23.5 Å². The first-order valence-electron chi connectivity index (χ1n) is 9.73. The number of carboxylic acid groups (broad SMARTS) is 1. The van der Waals surface area contributed by atoms with Crippen molar-refractivity contribution in [1.29, 1.82) is 0 Å². The number of hydrogen-bond donors (Lipinski definition) is 1. The number of benzene rings is 1. The van der Waals surface area contributed by atoms with Gasteiger partial charge in [-0.3, -0.25) is 4.90 Å². The number of hydrogen-bond acceptors (Lipinski definition) is 4. The summed E-state index contributed by atoms with van der Waals surface area (Å²) in [7, 11) is 0. The Morgan fingerprint density at radius 3 is 2.34 bits per heavy atom. The Balaban J connectivity index is 1.92. The lowest BCUT2D eigenvalue weighted by molar-refractivity contribution is -0.132. The number of thiazole rings is 1. The highest BCUT2D eigenvalue weighted by molar-refractivity contribution is 7.16. The lowest BCUT2D eigenvalue weighted by Gasteiger charge is -2.37. The molecular formula is C24H24N2O2S. The normalized spacial score (nSPS) is 18.6. The van der Waals surface area contributed by atoms with Crippen molar-refractivity contribution in [3.05, 3.63) is 75.8 Å². The molecule has 4 nitrogen and oxygen atoms in total. The second kappa shape index (κ2) is 6.89. The van der Waals surface area contributed by atoms with Gasteiger partial charge in [0, 0.05) is 21.4 Å². The van der Waals surface area contributed by atoms with Crippen LogP contribution in [-0.2, 0) is 15.6 Å². The second-order valence-electron chi connectivity index (χ2n) is 8.80. The zero-order valence-corrected chi connectivity index (χ0v) is 17.9. The van der Waals surface area contributed by atoms with Crippen LogP contribution >= 0.6 is 11.3 Å². The molecule has 2 aromatic rings. The molecule has 5 heteroatoms. The van der Waals surface area contributed by atoms with Gasteiger partial charge in [-0.05, 0) is 42.9 Å². The third-order valence-corrected chi connectivity index (χ3v) is 7.06. The Kier molecular flexibility index (Phi) is 4.63. The highest BCUT2D eigenvalue weighted by atomic mass is 32.1. The summed E-state index contributed by atoms with van der Waals surface area (Å²) in [6.45, 7) is 9.10. The van der Waals surface area contributed by atoms with E-state index in [0.717, 1.165) is 29.4 Å². The first-order valence-corrected chi connectivity index (χ1v) is 10.5. The molecule has 0 aliphatic heterocycles. The van der Waals surface area contributed by atoms with Crippen LogP contribution in [0.3, 0.4) is 0 Å². The van der Waals surface area contributed by atoms with Gasteiger partial charge >= 0.3 is 5.97 Å². The summed E-state index contributed by atoms with van der Waals surface area (Å²) in [5.41, 5.74) is 8.86. The van der Waals surface area contributed by atoms with Gasteiger partial charge in [0.05, 0.1) is 11.4 Å². The van der Waals surface area contributed by atoms with Crippen molar-refractivity contribution >= 4 is 28.1 Å². The average Bonchev–Trinajstić information content (AvgIpc) is 3.15. The van der Waals surface area contributed by atoms with E-state index in [1.165, 1.54) is 10.6 Å². The molecule has 1 heterocycles. The van der Waals surface area contributed by atoms with Crippen LogP contribution in [-0.4, -0.2) is 16.1 Å². The van der Waals surface area contributed by atoms with Crippen molar-refractivity contribution in [2.24, 2.45) is 0 Å². The molecule has 1 aromatic heterocycles. The zero-order valence-electron chi connectivity index (χ0n) is 17.1. The van der Waals surface area contributed by atoms with Gasteiger partial charge in [0.1, 0.15) is 5.57 Å². The first-order chi connectivity index (χ1) is 13.7. The molecule has 2 aliphatic rings. The van der Waals surface area contributed by atoms with Crippen LogP contribution in [0, 0.1) is 0 Å². The number of anilines is 2. The van der Waals surface area contributed by atoms with Crippen LogP contribution < -0.4 is 4.90 Å². The van der Waals surface area contributed by atoms with E-state index in [-0.39, 0.29) is 16.4 Å². The lowest BCUT2D eigenvalue weighted by atomic mass is 9.69. The Morgan fingerprint density at radius 1 is 1.07 bits per heavy atom. The summed E-state index contributed by atoms with van der Waals surface area (Å²) in [5.74, 6) is -1.01. The number of nitrogens with zero attached hydrogens (tertiary/aromatic N) is 2. The molecule has 2 aliphatic carbocycles. The van der Waals surface area contributed by atoms with E-state index in [4.69, 9.17) is 4.98 Å². The number of carboxylic acids is 1. The van der Waals surface area contributed by atoms with Gasteiger partial charge in [-0.15, -0.1) is 11.3 Å². The van der Waals surface area contributed by atoms with E-state index in [2.05, 4.69) is 39.2 Å². The molecule has 1 N–H and O–H groups in total. The highest BCUT2D eigenvalue weighted by Gasteiger charge is 2.41. The van der Waals surface area contributed by atoms with Crippen molar-refractivity contribution in [2.75, 3.05) is 4.90 Å². The maximum atomic E-state index is 11.2. The van der Waals surface area contributed by atoms with Gasteiger partial charge in [0.15, 0.2) is 5.13 Å². The summed E-state index contributed by atoms with van der Waals surface area (Å²) < 4.78 is 0. The number of rotatable bonds is 4. The Bertz CT molecular complexity index is 1080. The molecule has 0 unspecified atom stereocenters. The monoisotopic (exact) mass is 404 g/mol. The van der Waals surface area contributed by atoms with Crippen LogP contribution in [0.2, 0.25) is 0 Å². The predicted octanol–water partition coefficient (Wildman–Crippen LogP) is 5.85. The lowest BCUT2D eigenvalue weighted by Crippen LogP contribution is -2.32. The molecule has 29 heavy (non-hydrogen) atoms. The Labute approximate surface area is 175 Å². The smallest absolute Gasteiger partial charge is 0.344 e. The average molecular weight is 405 g/mol. The molecule has 0 bridgehead atoms. The minimum atomic E-state index is -1.01. The molecule has 0 saturated heterocycles. The molecule has 0 fully saturated rings. The first kappa shape index (κ1) is 19.5.